The molecule has 0 saturated carbocycles. The molecule has 6 heteroatoms. The second kappa shape index (κ2) is 5.32. The van der Waals surface area contributed by atoms with E-state index in [-0.39, 0.29) is 5.69 Å². The number of hydrogen-bond donors (Lipinski definition) is 1. The molecule has 3 rings (SSSR count). The summed E-state index contributed by atoms with van der Waals surface area (Å²) in [5.74, 6) is -3.73. The molecule has 0 atom stereocenters. The van der Waals surface area contributed by atoms with E-state index in [9.17, 15) is 13.2 Å². The molecule has 0 fully saturated rings. The Kier molecular flexibility index (Phi) is 3.35. The topological polar surface area (TPSA) is 29.9 Å². The molecule has 0 bridgehead atoms. The van der Waals surface area contributed by atoms with Gasteiger partial charge in [-0.25, -0.2) is 18.2 Å². The highest BCUT2D eigenvalue weighted by atomic mass is 19.2. The molecule has 3 nitrogen and oxygen atoms in total. The summed E-state index contributed by atoms with van der Waals surface area (Å²) in [4.78, 5) is 4.05. The zero-order chi connectivity index (χ0) is 14.8. The molecule has 0 aliphatic carbocycles. The number of imidazole rings is 1. The number of hydrogen-bond acceptors (Lipinski definition) is 2. The van der Waals surface area contributed by atoms with E-state index in [1.165, 1.54) is 6.20 Å². The third kappa shape index (κ3) is 2.47. The van der Waals surface area contributed by atoms with Crippen molar-refractivity contribution >= 4 is 11.6 Å². The van der Waals surface area contributed by atoms with E-state index in [0.717, 1.165) is 17.8 Å². The van der Waals surface area contributed by atoms with E-state index in [2.05, 4.69) is 10.3 Å². The molecule has 1 heterocycles. The van der Waals surface area contributed by atoms with Crippen molar-refractivity contribution in [3.05, 3.63) is 72.3 Å². The smallest absolute Gasteiger partial charge is 0.212 e. The maximum atomic E-state index is 13.7. The van der Waals surface area contributed by atoms with Gasteiger partial charge < -0.3 is 5.32 Å². The Morgan fingerprint density at radius 1 is 0.905 bits per heavy atom. The lowest BCUT2D eigenvalue weighted by molar-refractivity contribution is 0.449. The summed E-state index contributed by atoms with van der Waals surface area (Å²) in [5.41, 5.74) is 0.623. The van der Waals surface area contributed by atoms with Gasteiger partial charge in [0, 0.05) is 18.1 Å². The van der Waals surface area contributed by atoms with Crippen molar-refractivity contribution in [3.8, 4) is 5.69 Å². The van der Waals surface area contributed by atoms with Gasteiger partial charge in [0.05, 0.1) is 5.69 Å². The first kappa shape index (κ1) is 13.2. The van der Waals surface area contributed by atoms with Gasteiger partial charge in [-0.1, -0.05) is 18.2 Å². The molecule has 0 saturated heterocycles. The summed E-state index contributed by atoms with van der Waals surface area (Å²) in [7, 11) is 0. The average molecular weight is 289 g/mol. The number of halogens is 3. The van der Waals surface area contributed by atoms with Gasteiger partial charge in [-0.05, 0) is 24.3 Å². The lowest BCUT2D eigenvalue weighted by Crippen LogP contribution is -2.04. The van der Waals surface area contributed by atoms with Crippen molar-refractivity contribution in [2.75, 3.05) is 5.32 Å². The number of benzene rings is 2. The minimum absolute atomic E-state index is 0.183. The Labute approximate surface area is 118 Å². The number of anilines is 2. The molecule has 106 valence electrons. The molecule has 0 unspecified atom stereocenters. The first-order valence-electron chi connectivity index (χ1n) is 6.16. The maximum absolute atomic E-state index is 13.7. The normalized spacial score (nSPS) is 10.6. The fourth-order valence-electron chi connectivity index (χ4n) is 1.94. The third-order valence-electron chi connectivity index (χ3n) is 2.96. The predicted molar refractivity (Wildman–Crippen MR) is 73.2 cm³/mol. The molecule has 1 N–H and O–H groups in total. The summed E-state index contributed by atoms with van der Waals surface area (Å²) >= 11 is 0. The van der Waals surface area contributed by atoms with Gasteiger partial charge in [-0.2, -0.15) is 0 Å². The minimum atomic E-state index is -1.52. The Hall–Kier alpha value is -2.76. The Morgan fingerprint density at radius 3 is 2.43 bits per heavy atom. The fourth-order valence-corrected chi connectivity index (χ4v) is 1.94. The van der Waals surface area contributed by atoms with Crippen LogP contribution in [-0.2, 0) is 0 Å². The molecular formula is C15H10F3N3. The molecule has 0 aliphatic rings. The van der Waals surface area contributed by atoms with E-state index in [4.69, 9.17) is 0 Å². The van der Waals surface area contributed by atoms with Gasteiger partial charge in [0.25, 0.3) is 0 Å². The van der Waals surface area contributed by atoms with Crippen molar-refractivity contribution in [1.82, 2.24) is 9.55 Å². The molecule has 21 heavy (non-hydrogen) atoms. The standard InChI is InChI=1S/C15H10F3N3/c16-11-6-7-12(14(18)13(11)17)20-15-19-8-9-21(15)10-4-2-1-3-5-10/h1-9H,(H,19,20). The highest BCUT2D eigenvalue weighted by molar-refractivity contribution is 5.57. The first-order chi connectivity index (χ1) is 10.2. The second-order valence-corrected chi connectivity index (χ2v) is 4.30. The van der Waals surface area contributed by atoms with Crippen molar-refractivity contribution in [1.29, 1.82) is 0 Å². The van der Waals surface area contributed by atoms with E-state index in [0.29, 0.717) is 5.95 Å². The molecule has 0 aliphatic heterocycles. The first-order valence-corrected chi connectivity index (χ1v) is 6.16. The number of nitrogens with zero attached hydrogens (tertiary/aromatic N) is 2. The zero-order valence-corrected chi connectivity index (χ0v) is 10.7. The van der Waals surface area contributed by atoms with Crippen molar-refractivity contribution in [2.24, 2.45) is 0 Å². The molecule has 1 aromatic heterocycles. The van der Waals surface area contributed by atoms with Crippen LogP contribution in [0.15, 0.2) is 54.9 Å². The van der Waals surface area contributed by atoms with Crippen LogP contribution in [0.4, 0.5) is 24.8 Å². The fraction of sp³-hybridized carbons (Fsp3) is 0. The quantitative estimate of drug-likeness (QED) is 0.738. The molecule has 0 spiro atoms. The SMILES string of the molecule is Fc1ccc(Nc2nccn2-c2ccccc2)c(F)c1F. The van der Waals surface area contributed by atoms with Crippen LogP contribution in [-0.4, -0.2) is 9.55 Å². The summed E-state index contributed by atoms with van der Waals surface area (Å²) < 4.78 is 41.5. The van der Waals surface area contributed by atoms with E-state index in [1.54, 1.807) is 10.8 Å². The number of aromatic nitrogens is 2. The highest BCUT2D eigenvalue weighted by Gasteiger charge is 2.15. The van der Waals surface area contributed by atoms with Gasteiger partial charge >= 0.3 is 0 Å². The summed E-state index contributed by atoms with van der Waals surface area (Å²) in [6.07, 6.45) is 3.20. The maximum Gasteiger partial charge on any atom is 0.212 e. The largest absolute Gasteiger partial charge is 0.323 e. The van der Waals surface area contributed by atoms with Crippen LogP contribution in [0.1, 0.15) is 0 Å². The van der Waals surface area contributed by atoms with Crippen LogP contribution in [0.3, 0.4) is 0 Å². The Morgan fingerprint density at radius 2 is 1.67 bits per heavy atom. The summed E-state index contributed by atoms with van der Waals surface area (Å²) in [6, 6.07) is 11.2. The Bertz CT molecular complexity index is 769. The van der Waals surface area contributed by atoms with Crippen LogP contribution in [0.2, 0.25) is 0 Å². The van der Waals surface area contributed by atoms with Gasteiger partial charge in [0.2, 0.25) is 5.95 Å². The number of para-hydroxylation sites is 1. The van der Waals surface area contributed by atoms with Crippen molar-refractivity contribution in [3.63, 3.8) is 0 Å². The average Bonchev–Trinajstić information content (AvgIpc) is 2.97. The monoisotopic (exact) mass is 289 g/mol. The van der Waals surface area contributed by atoms with Gasteiger partial charge in [0.15, 0.2) is 17.5 Å². The van der Waals surface area contributed by atoms with E-state index < -0.39 is 17.5 Å². The van der Waals surface area contributed by atoms with Crippen LogP contribution < -0.4 is 5.32 Å². The van der Waals surface area contributed by atoms with Gasteiger partial charge in [0.1, 0.15) is 0 Å². The highest BCUT2D eigenvalue weighted by Crippen LogP contribution is 2.24. The second-order valence-electron chi connectivity index (χ2n) is 4.30. The molecular weight excluding hydrogens is 279 g/mol. The van der Waals surface area contributed by atoms with Crippen molar-refractivity contribution in [2.45, 2.75) is 0 Å². The number of nitrogens with one attached hydrogen (secondary N) is 1. The third-order valence-corrected chi connectivity index (χ3v) is 2.96. The predicted octanol–water partition coefficient (Wildman–Crippen LogP) is 4.03. The molecule has 0 radical (unpaired) electrons. The molecule has 0 amide bonds. The minimum Gasteiger partial charge on any atom is -0.323 e. The lowest BCUT2D eigenvalue weighted by atomic mass is 10.3. The Balaban J connectivity index is 1.98. The van der Waals surface area contributed by atoms with Crippen LogP contribution >= 0.6 is 0 Å². The van der Waals surface area contributed by atoms with E-state index >= 15 is 0 Å². The number of rotatable bonds is 3. The molecule has 2 aromatic carbocycles. The summed E-state index contributed by atoms with van der Waals surface area (Å²) in [6.45, 7) is 0. The van der Waals surface area contributed by atoms with Gasteiger partial charge in [-0.3, -0.25) is 4.57 Å². The molecule has 3 aromatic rings. The van der Waals surface area contributed by atoms with E-state index in [1.807, 2.05) is 30.3 Å². The lowest BCUT2D eigenvalue weighted by Gasteiger charge is -2.10. The van der Waals surface area contributed by atoms with Crippen LogP contribution in [0, 0.1) is 17.5 Å². The van der Waals surface area contributed by atoms with Crippen LogP contribution in [0.25, 0.3) is 5.69 Å². The van der Waals surface area contributed by atoms with Gasteiger partial charge in [-0.15, -0.1) is 0 Å². The van der Waals surface area contributed by atoms with Crippen molar-refractivity contribution < 1.29 is 13.2 Å². The summed E-state index contributed by atoms with van der Waals surface area (Å²) in [5, 5.41) is 2.66. The zero-order valence-electron chi connectivity index (χ0n) is 10.7. The van der Waals surface area contributed by atoms with Crippen LogP contribution in [0.5, 0.6) is 0 Å².